The fourth-order valence-electron chi connectivity index (χ4n) is 3.75. The number of nitrogens with zero attached hydrogens (tertiary/aromatic N) is 1. The Morgan fingerprint density at radius 3 is 2.03 bits per heavy atom. The maximum absolute atomic E-state index is 7.42. The van der Waals surface area contributed by atoms with Gasteiger partial charge in [0.15, 0.2) is 0 Å². The highest BCUT2D eigenvalue weighted by atomic mass is 32.1. The maximum Gasteiger partial charge on any atom is 0.122 e. The van der Waals surface area contributed by atoms with Gasteiger partial charge in [0.1, 0.15) is 17.3 Å². The first-order valence-electron chi connectivity index (χ1n) is 12.4. The van der Waals surface area contributed by atoms with Crippen LogP contribution in [0.3, 0.4) is 0 Å². The van der Waals surface area contributed by atoms with Crippen LogP contribution in [0.2, 0.25) is 0 Å². The highest BCUT2D eigenvalue weighted by Gasteiger charge is 2.18. The Morgan fingerprint density at radius 2 is 1.49 bits per heavy atom. The molecule has 3 aromatic rings. The van der Waals surface area contributed by atoms with Gasteiger partial charge in [-0.15, -0.1) is 11.3 Å². The number of thiazole rings is 1. The normalized spacial score (nSPS) is 12.0. The minimum Gasteiger partial charge on any atom is -0.494 e. The van der Waals surface area contributed by atoms with Crippen molar-refractivity contribution in [2.24, 2.45) is 17.4 Å². The van der Waals surface area contributed by atoms with Crippen molar-refractivity contribution >= 4 is 17.2 Å². The van der Waals surface area contributed by atoms with Crippen LogP contribution in [0.5, 0.6) is 11.5 Å². The molecule has 188 valence electrons. The summed E-state index contributed by atoms with van der Waals surface area (Å²) < 4.78 is 11.7. The molecule has 1 atom stereocenters. The van der Waals surface area contributed by atoms with Crippen LogP contribution < -0.4 is 20.9 Å². The zero-order valence-electron chi connectivity index (χ0n) is 21.0. The largest absolute Gasteiger partial charge is 0.494 e. The number of aryl methyl sites for hydroxylation is 1. The van der Waals surface area contributed by atoms with Crippen molar-refractivity contribution in [2.75, 3.05) is 13.2 Å². The van der Waals surface area contributed by atoms with E-state index in [-0.39, 0.29) is 11.9 Å². The molecule has 2 aromatic carbocycles. The van der Waals surface area contributed by atoms with E-state index in [4.69, 9.17) is 31.3 Å². The molecule has 0 aliphatic carbocycles. The predicted molar refractivity (Wildman–Crippen MR) is 146 cm³/mol. The quantitative estimate of drug-likeness (QED) is 0.135. The van der Waals surface area contributed by atoms with E-state index in [0.29, 0.717) is 24.7 Å². The summed E-state index contributed by atoms with van der Waals surface area (Å²) in [5.41, 5.74) is 14.8. The Bertz CT molecular complexity index is 1060. The van der Waals surface area contributed by atoms with Gasteiger partial charge < -0.3 is 20.9 Å². The molecular formula is C28H38N4O2S. The molecule has 0 amide bonds. The fourth-order valence-corrected chi connectivity index (χ4v) is 4.73. The number of amidine groups is 1. The fraction of sp³-hybridized carbons (Fsp3) is 0.429. The molecule has 0 radical (unpaired) electrons. The van der Waals surface area contributed by atoms with Gasteiger partial charge in [-0.2, -0.15) is 0 Å². The average molecular weight is 495 g/mol. The zero-order valence-corrected chi connectivity index (χ0v) is 21.9. The number of nitrogens with two attached hydrogens (primary N) is 2. The molecule has 0 saturated carbocycles. The Kier molecular flexibility index (Phi) is 10.1. The van der Waals surface area contributed by atoms with Gasteiger partial charge in [0, 0.05) is 22.0 Å². The number of unbranched alkanes of at least 4 members (excludes halogenated alkanes) is 2. The molecule has 0 bridgehead atoms. The van der Waals surface area contributed by atoms with Gasteiger partial charge >= 0.3 is 0 Å². The summed E-state index contributed by atoms with van der Waals surface area (Å²) in [5.74, 6) is 2.38. The lowest BCUT2D eigenvalue weighted by Crippen LogP contribution is -2.10. The van der Waals surface area contributed by atoms with E-state index in [1.807, 2.05) is 31.2 Å². The summed E-state index contributed by atoms with van der Waals surface area (Å²) in [5, 5.41) is 8.47. The Balaban J connectivity index is 1.40. The van der Waals surface area contributed by atoms with E-state index in [1.54, 1.807) is 23.5 Å². The van der Waals surface area contributed by atoms with Gasteiger partial charge in [-0.3, -0.25) is 5.41 Å². The maximum atomic E-state index is 7.42. The van der Waals surface area contributed by atoms with Crippen molar-refractivity contribution in [1.82, 2.24) is 4.98 Å². The van der Waals surface area contributed by atoms with E-state index in [2.05, 4.69) is 26.0 Å². The van der Waals surface area contributed by atoms with Gasteiger partial charge in [0.25, 0.3) is 0 Å². The van der Waals surface area contributed by atoms with Gasteiger partial charge in [-0.25, -0.2) is 4.98 Å². The summed E-state index contributed by atoms with van der Waals surface area (Å²) in [6.45, 7) is 7.83. The van der Waals surface area contributed by atoms with E-state index in [9.17, 15) is 0 Å². The third-order valence-corrected chi connectivity index (χ3v) is 6.87. The van der Waals surface area contributed by atoms with E-state index in [0.717, 1.165) is 59.9 Å². The minimum atomic E-state index is 0.0263. The topological polar surface area (TPSA) is 107 Å². The summed E-state index contributed by atoms with van der Waals surface area (Å²) in [7, 11) is 0. The molecule has 1 unspecified atom stereocenters. The molecule has 7 heteroatoms. The molecule has 1 aromatic heterocycles. The highest BCUT2D eigenvalue weighted by molar-refractivity contribution is 7.12. The lowest BCUT2D eigenvalue weighted by molar-refractivity contribution is 0.279. The van der Waals surface area contributed by atoms with E-state index in [1.165, 1.54) is 4.88 Å². The van der Waals surface area contributed by atoms with Crippen molar-refractivity contribution in [1.29, 1.82) is 5.41 Å². The third kappa shape index (κ3) is 8.37. The Hall–Kier alpha value is -2.90. The van der Waals surface area contributed by atoms with Crippen LogP contribution in [0, 0.1) is 18.3 Å². The number of hydrogen-bond acceptors (Lipinski definition) is 6. The van der Waals surface area contributed by atoms with Gasteiger partial charge in [-0.1, -0.05) is 13.8 Å². The molecule has 0 aliphatic heterocycles. The van der Waals surface area contributed by atoms with Crippen LogP contribution in [0.15, 0.2) is 48.5 Å². The van der Waals surface area contributed by atoms with Crippen LogP contribution in [-0.2, 0) is 0 Å². The van der Waals surface area contributed by atoms with Crippen molar-refractivity contribution in [3.05, 3.63) is 64.0 Å². The van der Waals surface area contributed by atoms with E-state index < -0.39 is 0 Å². The number of aromatic nitrogens is 1. The molecule has 1 heterocycles. The van der Waals surface area contributed by atoms with Crippen LogP contribution in [-0.4, -0.2) is 24.0 Å². The Morgan fingerprint density at radius 1 is 0.914 bits per heavy atom. The predicted octanol–water partition coefficient (Wildman–Crippen LogP) is 6.47. The van der Waals surface area contributed by atoms with Gasteiger partial charge in [0.2, 0.25) is 0 Å². The van der Waals surface area contributed by atoms with Gasteiger partial charge in [-0.05, 0) is 93.5 Å². The number of nitrogens with one attached hydrogen (secondary N) is 1. The van der Waals surface area contributed by atoms with Gasteiger partial charge in [0.05, 0.1) is 23.9 Å². The summed E-state index contributed by atoms with van der Waals surface area (Å²) in [6, 6.07) is 15.5. The molecule has 6 nitrogen and oxygen atoms in total. The number of nitrogen functional groups attached to an aromatic ring is 1. The number of rotatable bonds is 14. The monoisotopic (exact) mass is 494 g/mol. The van der Waals surface area contributed by atoms with Crippen molar-refractivity contribution < 1.29 is 9.47 Å². The van der Waals surface area contributed by atoms with Crippen molar-refractivity contribution in [3.63, 3.8) is 0 Å². The second-order valence-electron chi connectivity index (χ2n) is 9.24. The molecule has 5 N–H and O–H groups in total. The molecule has 0 spiro atoms. The number of hydrogen-bond donors (Lipinski definition) is 3. The lowest BCUT2D eigenvalue weighted by atomic mass is 10.0. The van der Waals surface area contributed by atoms with E-state index >= 15 is 0 Å². The number of ether oxygens (including phenoxy) is 2. The first-order chi connectivity index (χ1) is 16.8. The first kappa shape index (κ1) is 26.7. The van der Waals surface area contributed by atoms with Crippen molar-refractivity contribution in [3.8, 4) is 22.8 Å². The smallest absolute Gasteiger partial charge is 0.122 e. The first-order valence-corrected chi connectivity index (χ1v) is 13.2. The van der Waals surface area contributed by atoms with Crippen LogP contribution >= 0.6 is 11.3 Å². The standard InChI is InChI=1S/C28H38N4O2S/c1-19(2)7-16-25(29)27-26(32-20(3)35-27)21-8-12-23(13-9-21)33-17-5-4-6-18-34-24-14-10-22(11-15-24)28(30)31/h8-15,19,25H,4-7,16-18,29H2,1-3H3,(H3,30,31). The van der Waals surface area contributed by atoms with Crippen LogP contribution in [0.1, 0.15) is 67.4 Å². The summed E-state index contributed by atoms with van der Waals surface area (Å²) in [4.78, 5) is 5.94. The van der Waals surface area contributed by atoms with Crippen LogP contribution in [0.4, 0.5) is 0 Å². The minimum absolute atomic E-state index is 0.0263. The second-order valence-corrected chi connectivity index (χ2v) is 10.5. The lowest BCUT2D eigenvalue weighted by Gasteiger charge is -2.13. The molecule has 0 aliphatic rings. The number of benzene rings is 2. The molecular weight excluding hydrogens is 456 g/mol. The summed E-state index contributed by atoms with van der Waals surface area (Å²) in [6.07, 6.45) is 5.04. The van der Waals surface area contributed by atoms with Crippen molar-refractivity contribution in [2.45, 2.75) is 58.9 Å². The second kappa shape index (κ2) is 13.3. The Labute approximate surface area is 213 Å². The zero-order chi connectivity index (χ0) is 25.2. The summed E-state index contributed by atoms with van der Waals surface area (Å²) >= 11 is 1.71. The SMILES string of the molecule is Cc1nc(-c2ccc(OCCCCCOc3ccc(C(=N)N)cc3)cc2)c(C(N)CCC(C)C)s1. The molecule has 0 saturated heterocycles. The molecule has 35 heavy (non-hydrogen) atoms. The average Bonchev–Trinajstić information content (AvgIpc) is 3.24. The molecule has 0 fully saturated rings. The molecule has 3 rings (SSSR count). The highest BCUT2D eigenvalue weighted by Crippen LogP contribution is 2.34. The van der Waals surface area contributed by atoms with Crippen LogP contribution in [0.25, 0.3) is 11.3 Å². The third-order valence-electron chi connectivity index (χ3n) is 5.77.